The van der Waals surface area contributed by atoms with Crippen molar-refractivity contribution in [3.05, 3.63) is 28.2 Å². The van der Waals surface area contributed by atoms with Crippen molar-refractivity contribution >= 4 is 33.5 Å². The molecule has 0 aliphatic rings. The van der Waals surface area contributed by atoms with E-state index in [-0.39, 0.29) is 12.0 Å². The van der Waals surface area contributed by atoms with E-state index in [4.69, 9.17) is 10.6 Å². The number of nitrogen functional groups attached to an aromatic ring is 1. The molecule has 1 aromatic heterocycles. The normalized spacial score (nSPS) is 10.3. The second kappa shape index (κ2) is 7.19. The molecular weight excluding hydrogens is 336 g/mol. The molecule has 21 heavy (non-hydrogen) atoms. The van der Waals surface area contributed by atoms with E-state index in [0.717, 1.165) is 22.1 Å². The monoisotopic (exact) mass is 352 g/mol. The summed E-state index contributed by atoms with van der Waals surface area (Å²) in [6.45, 7) is 4.53. The molecule has 112 valence electrons. The quantitative estimate of drug-likeness (QED) is 0.543. The van der Waals surface area contributed by atoms with Crippen molar-refractivity contribution in [2.45, 2.75) is 20.3 Å². The molecule has 0 saturated heterocycles. The molecule has 7 nitrogen and oxygen atoms in total. The summed E-state index contributed by atoms with van der Waals surface area (Å²) in [6.07, 6.45) is 0.866. The number of nitrogens with one attached hydrogen (secondary N) is 2. The predicted octanol–water partition coefficient (Wildman–Crippen LogP) is 2.76. The summed E-state index contributed by atoms with van der Waals surface area (Å²) in [4.78, 5) is 12.4. The predicted molar refractivity (Wildman–Crippen MR) is 85.6 cm³/mol. The summed E-state index contributed by atoms with van der Waals surface area (Å²) in [5, 5.41) is 3.14. The number of hydrogen-bond donors (Lipinski definition) is 3. The SMILES string of the molecule is CCCOc1nc(NN)nc(Nc2cccc(Br)c2C)n1. The van der Waals surface area contributed by atoms with E-state index < -0.39 is 0 Å². The number of anilines is 3. The number of rotatable bonds is 6. The van der Waals surface area contributed by atoms with E-state index >= 15 is 0 Å². The molecule has 0 atom stereocenters. The average Bonchev–Trinajstić information content (AvgIpc) is 2.49. The maximum Gasteiger partial charge on any atom is 0.323 e. The van der Waals surface area contributed by atoms with Gasteiger partial charge in [-0.15, -0.1) is 0 Å². The number of aromatic nitrogens is 3. The second-order valence-electron chi connectivity index (χ2n) is 4.30. The summed E-state index contributed by atoms with van der Waals surface area (Å²) in [7, 11) is 0. The Labute approximate surface area is 131 Å². The highest BCUT2D eigenvalue weighted by molar-refractivity contribution is 9.10. The Bertz CT molecular complexity index is 622. The van der Waals surface area contributed by atoms with E-state index in [1.54, 1.807) is 0 Å². The molecule has 1 heterocycles. The van der Waals surface area contributed by atoms with Crippen LogP contribution in [0.15, 0.2) is 22.7 Å². The lowest BCUT2D eigenvalue weighted by molar-refractivity contribution is 0.292. The maximum absolute atomic E-state index is 5.42. The van der Waals surface area contributed by atoms with Crippen molar-refractivity contribution < 1.29 is 4.74 Å². The first kappa shape index (κ1) is 15.5. The number of halogens is 1. The third-order valence-corrected chi connectivity index (χ3v) is 3.55. The molecule has 1 aromatic carbocycles. The molecule has 0 amide bonds. The number of benzene rings is 1. The van der Waals surface area contributed by atoms with Crippen molar-refractivity contribution in [3.8, 4) is 6.01 Å². The first-order valence-electron chi connectivity index (χ1n) is 6.51. The van der Waals surface area contributed by atoms with Gasteiger partial charge < -0.3 is 10.1 Å². The highest BCUT2D eigenvalue weighted by atomic mass is 79.9. The zero-order valence-electron chi connectivity index (χ0n) is 11.9. The molecule has 8 heteroatoms. The minimum absolute atomic E-state index is 0.231. The number of nitrogens with zero attached hydrogens (tertiary/aromatic N) is 3. The van der Waals surface area contributed by atoms with Crippen molar-refractivity contribution in [2.24, 2.45) is 5.84 Å². The molecule has 0 spiro atoms. The van der Waals surface area contributed by atoms with Crippen LogP contribution in [0.1, 0.15) is 18.9 Å². The molecule has 0 unspecified atom stereocenters. The third kappa shape index (κ3) is 4.02. The van der Waals surface area contributed by atoms with Crippen molar-refractivity contribution in [3.63, 3.8) is 0 Å². The van der Waals surface area contributed by atoms with Crippen LogP contribution in [-0.2, 0) is 0 Å². The summed E-state index contributed by atoms with van der Waals surface area (Å²) in [5.41, 5.74) is 4.35. The highest BCUT2D eigenvalue weighted by Gasteiger charge is 2.09. The fourth-order valence-electron chi connectivity index (χ4n) is 1.60. The summed E-state index contributed by atoms with van der Waals surface area (Å²) in [5.74, 6) is 5.98. The van der Waals surface area contributed by atoms with Crippen molar-refractivity contribution in [1.29, 1.82) is 0 Å². The molecular formula is C13H17BrN6O. The van der Waals surface area contributed by atoms with Crippen LogP contribution in [0.5, 0.6) is 6.01 Å². The van der Waals surface area contributed by atoms with Gasteiger partial charge >= 0.3 is 6.01 Å². The molecule has 4 N–H and O–H groups in total. The first-order chi connectivity index (χ1) is 10.1. The molecule has 0 radical (unpaired) electrons. The Balaban J connectivity index is 2.28. The Morgan fingerprint density at radius 1 is 1.24 bits per heavy atom. The lowest BCUT2D eigenvalue weighted by Crippen LogP contribution is -2.14. The van der Waals surface area contributed by atoms with Crippen LogP contribution >= 0.6 is 15.9 Å². The molecule has 0 bridgehead atoms. The van der Waals surface area contributed by atoms with Crippen LogP contribution < -0.4 is 21.3 Å². The second-order valence-corrected chi connectivity index (χ2v) is 5.15. The van der Waals surface area contributed by atoms with E-state index in [0.29, 0.717) is 12.6 Å². The van der Waals surface area contributed by atoms with Crippen LogP contribution in [0.2, 0.25) is 0 Å². The van der Waals surface area contributed by atoms with Crippen LogP contribution in [-0.4, -0.2) is 21.6 Å². The fourth-order valence-corrected chi connectivity index (χ4v) is 1.96. The van der Waals surface area contributed by atoms with Gasteiger partial charge in [0.1, 0.15) is 0 Å². The molecule has 0 saturated carbocycles. The summed E-state index contributed by atoms with van der Waals surface area (Å²) < 4.78 is 6.42. The van der Waals surface area contributed by atoms with Gasteiger partial charge in [-0.1, -0.05) is 28.9 Å². The molecule has 0 aliphatic carbocycles. The highest BCUT2D eigenvalue weighted by Crippen LogP contribution is 2.26. The Kier molecular flexibility index (Phi) is 5.29. The van der Waals surface area contributed by atoms with Crippen LogP contribution in [0.3, 0.4) is 0 Å². The van der Waals surface area contributed by atoms with E-state index in [1.165, 1.54) is 0 Å². The minimum atomic E-state index is 0.231. The average molecular weight is 353 g/mol. The van der Waals surface area contributed by atoms with Gasteiger partial charge in [-0.2, -0.15) is 15.0 Å². The van der Waals surface area contributed by atoms with E-state index in [2.05, 4.69) is 41.6 Å². The van der Waals surface area contributed by atoms with Gasteiger partial charge in [0.15, 0.2) is 0 Å². The Morgan fingerprint density at radius 3 is 2.71 bits per heavy atom. The molecule has 2 aromatic rings. The molecule has 2 rings (SSSR count). The van der Waals surface area contributed by atoms with Crippen molar-refractivity contribution in [2.75, 3.05) is 17.3 Å². The number of nitrogens with two attached hydrogens (primary N) is 1. The minimum Gasteiger partial charge on any atom is -0.463 e. The van der Waals surface area contributed by atoms with Crippen molar-refractivity contribution in [1.82, 2.24) is 15.0 Å². The zero-order valence-corrected chi connectivity index (χ0v) is 13.4. The standard InChI is InChI=1S/C13H17BrN6O/c1-3-7-21-13-18-11(17-12(19-13)20-15)16-10-6-4-5-9(14)8(10)2/h4-6H,3,7,15H2,1-2H3,(H2,16,17,18,19,20). The van der Waals surface area contributed by atoms with Gasteiger partial charge in [0, 0.05) is 10.2 Å². The summed E-state index contributed by atoms with van der Waals surface area (Å²) in [6, 6.07) is 6.06. The van der Waals surface area contributed by atoms with Gasteiger partial charge in [-0.25, -0.2) is 5.84 Å². The number of hydrogen-bond acceptors (Lipinski definition) is 7. The van der Waals surface area contributed by atoms with Gasteiger partial charge in [0.05, 0.1) is 6.61 Å². The van der Waals surface area contributed by atoms with Crippen LogP contribution in [0.25, 0.3) is 0 Å². The maximum atomic E-state index is 5.42. The van der Waals surface area contributed by atoms with Crippen LogP contribution in [0, 0.1) is 6.92 Å². The van der Waals surface area contributed by atoms with Crippen LogP contribution in [0.4, 0.5) is 17.6 Å². The Hall–Kier alpha value is -1.93. The topological polar surface area (TPSA) is 98.0 Å². The molecule has 0 fully saturated rings. The lowest BCUT2D eigenvalue weighted by Gasteiger charge is -2.11. The Morgan fingerprint density at radius 2 is 2.00 bits per heavy atom. The van der Waals surface area contributed by atoms with Gasteiger partial charge in [0.2, 0.25) is 11.9 Å². The number of ether oxygens (including phenoxy) is 1. The van der Waals surface area contributed by atoms with Gasteiger partial charge in [-0.3, -0.25) is 5.43 Å². The third-order valence-electron chi connectivity index (χ3n) is 2.69. The zero-order chi connectivity index (χ0) is 15.2. The lowest BCUT2D eigenvalue weighted by atomic mass is 10.2. The van der Waals surface area contributed by atoms with E-state index in [1.807, 2.05) is 32.0 Å². The first-order valence-corrected chi connectivity index (χ1v) is 7.31. The largest absolute Gasteiger partial charge is 0.463 e. The van der Waals surface area contributed by atoms with Gasteiger partial charge in [0.25, 0.3) is 0 Å². The molecule has 0 aliphatic heterocycles. The van der Waals surface area contributed by atoms with Gasteiger partial charge in [-0.05, 0) is 31.0 Å². The fraction of sp³-hybridized carbons (Fsp3) is 0.308. The van der Waals surface area contributed by atoms with E-state index in [9.17, 15) is 0 Å². The summed E-state index contributed by atoms with van der Waals surface area (Å²) >= 11 is 3.49. The number of hydrazine groups is 1. The smallest absolute Gasteiger partial charge is 0.323 e.